The van der Waals surface area contributed by atoms with Crippen LogP contribution in [0.4, 0.5) is 14.4 Å². The van der Waals surface area contributed by atoms with Gasteiger partial charge in [0.15, 0.2) is 0 Å². The molecule has 22 nitrogen and oxygen atoms in total. The second kappa shape index (κ2) is 53.7. The van der Waals surface area contributed by atoms with Crippen LogP contribution in [0.15, 0.2) is 4.99 Å². The molecule has 0 aliphatic heterocycles. The number of carbonyl (C=O) groups is 4. The monoisotopic (exact) mass is 857 g/mol. The Labute approximate surface area is 348 Å². The molecule has 0 saturated carbocycles. The molecule has 59 heavy (non-hydrogen) atoms. The van der Waals surface area contributed by atoms with Crippen LogP contribution in [0.2, 0.25) is 0 Å². The maximum Gasteiger partial charge on any atom is 0.407 e. The van der Waals surface area contributed by atoms with Crippen molar-refractivity contribution in [2.75, 3.05) is 106 Å². The molecule has 0 heterocycles. The highest BCUT2D eigenvalue weighted by atomic mass is 16.6. The summed E-state index contributed by atoms with van der Waals surface area (Å²) in [6.45, 7) is 4.14. The van der Waals surface area contributed by atoms with Crippen LogP contribution in [0.1, 0.15) is 84.0 Å². The molecule has 0 saturated heterocycles. The van der Waals surface area contributed by atoms with Gasteiger partial charge in [-0.2, -0.15) is 5.26 Å². The smallest absolute Gasteiger partial charge is 0.407 e. The number of hydrogen-bond acceptors (Lipinski definition) is 18. The fourth-order valence-corrected chi connectivity index (χ4v) is 3.87. The van der Waals surface area contributed by atoms with Crippen LogP contribution in [0.25, 0.3) is 0 Å². The average molecular weight is 857 g/mol. The van der Waals surface area contributed by atoms with E-state index in [-0.39, 0.29) is 58.3 Å². The first-order valence-corrected chi connectivity index (χ1v) is 19.7. The van der Waals surface area contributed by atoms with Crippen LogP contribution in [-0.2, 0) is 38.0 Å². The molecule has 0 aliphatic rings. The summed E-state index contributed by atoms with van der Waals surface area (Å²) >= 11 is 0. The summed E-state index contributed by atoms with van der Waals surface area (Å²) in [5.41, 5.74) is 0. The van der Waals surface area contributed by atoms with Gasteiger partial charge in [-0.15, -0.1) is 0 Å². The van der Waals surface area contributed by atoms with Crippen molar-refractivity contribution in [3.8, 4) is 6.26 Å². The number of aliphatic imine (C=N–C) groups is 1. The van der Waals surface area contributed by atoms with Gasteiger partial charge in [0.2, 0.25) is 12.0 Å². The van der Waals surface area contributed by atoms with E-state index in [4.69, 9.17) is 54.5 Å². The number of unbranched alkanes of at least 4 members (excludes halogenated alkanes) is 9. The number of nitriles is 1. The Morgan fingerprint density at radius 2 is 1.07 bits per heavy atom. The van der Waals surface area contributed by atoms with Gasteiger partial charge in [-0.25, -0.2) is 24.2 Å². The largest absolute Gasteiger partial charge is 0.447 e. The van der Waals surface area contributed by atoms with E-state index in [9.17, 15) is 24.0 Å². The van der Waals surface area contributed by atoms with E-state index in [1.54, 1.807) is 13.4 Å². The summed E-state index contributed by atoms with van der Waals surface area (Å²) in [5.74, 6) is -0.0276. The predicted octanol–water partition coefficient (Wildman–Crippen LogP) is 0.766. The summed E-state index contributed by atoms with van der Waals surface area (Å²) in [6.07, 6.45) is 11.1. The summed E-state index contributed by atoms with van der Waals surface area (Å²) in [4.78, 5) is 58.6. The number of carbonyl (C=O) groups excluding carboxylic acids is 5. The highest BCUT2D eigenvalue weighted by molar-refractivity contribution is 5.72. The zero-order chi connectivity index (χ0) is 45.0. The maximum absolute atomic E-state index is 11.6. The number of rotatable bonds is 32. The lowest BCUT2D eigenvalue weighted by Crippen LogP contribution is -2.31. The van der Waals surface area contributed by atoms with Crippen LogP contribution < -0.4 is 21.3 Å². The Morgan fingerprint density at radius 1 is 0.627 bits per heavy atom. The van der Waals surface area contributed by atoms with Crippen LogP contribution in [0, 0.1) is 11.5 Å². The van der Waals surface area contributed by atoms with Gasteiger partial charge < -0.3 is 75.2 Å². The molecule has 1 atom stereocenters. The van der Waals surface area contributed by atoms with Crippen molar-refractivity contribution in [1.29, 1.82) is 5.26 Å². The minimum absolute atomic E-state index is 0.0239. The number of nitrogens with one attached hydrogen (secondary N) is 4. The van der Waals surface area contributed by atoms with Gasteiger partial charge in [-0.05, 0) is 44.9 Å². The number of alkyl carbamates (subject to hydrolysis) is 3. The van der Waals surface area contributed by atoms with Crippen LogP contribution in [-0.4, -0.2) is 174 Å². The van der Waals surface area contributed by atoms with Gasteiger partial charge in [-0.3, -0.25) is 4.79 Å². The normalized spacial score (nSPS) is 10.2. The first kappa shape index (κ1) is 61.3. The van der Waals surface area contributed by atoms with E-state index >= 15 is 0 Å². The second-order valence-corrected chi connectivity index (χ2v) is 12.1. The maximum atomic E-state index is 11.6. The third-order valence-corrected chi connectivity index (χ3v) is 6.94. The van der Waals surface area contributed by atoms with Crippen molar-refractivity contribution in [2.24, 2.45) is 4.99 Å². The molecule has 0 aromatic heterocycles. The molecule has 0 aromatic carbocycles. The molecule has 346 valence electrons. The lowest BCUT2D eigenvalue weighted by molar-refractivity contribution is -0.118. The number of aliphatic hydroxyl groups is 5. The number of amides is 4. The van der Waals surface area contributed by atoms with Crippen molar-refractivity contribution >= 4 is 30.3 Å². The van der Waals surface area contributed by atoms with E-state index in [1.807, 2.05) is 0 Å². The standard InChI is InChI=1S/C24H46N4O9.C8H12N2O2.C3H8O3.C2H6O2/c1-20(29)25-12-8-4-5-9-13-26-22(30)35-16-17-36-23(31)27-14-10-6-7-11-15-28-24(32)37-19-21(34-3)18-33-2;9-7-12-6-4-2-1-3-5-10-8-11;4-1-3(6)2-5;3-1-2-4/h21H,4-19H2,1-3H3,(H,25,29)(H,26,30)(H,27,31)(H,28,32);1-6H2;3-6H,1-2H2;3-4H,1-2H2. The van der Waals surface area contributed by atoms with Gasteiger partial charge in [0.05, 0.1) is 39.6 Å². The average Bonchev–Trinajstić information content (AvgIpc) is 3.24. The molecule has 0 rings (SSSR count). The van der Waals surface area contributed by atoms with Crippen molar-refractivity contribution in [1.82, 2.24) is 21.3 Å². The summed E-state index contributed by atoms with van der Waals surface area (Å²) in [5, 5.41) is 58.0. The SMILES string of the molecule is COCC(COC(=O)NCCCCCCNC(=O)OCCOC(=O)NCCCCCCNC(C)=O)OC.N#COCCCCCCN=C=O.OCC(O)CO.OCCO. The Morgan fingerprint density at radius 3 is 1.44 bits per heavy atom. The molecule has 9 N–H and O–H groups in total. The number of methoxy groups -OCH3 is 2. The van der Waals surface area contributed by atoms with Gasteiger partial charge in [0.1, 0.15) is 38.6 Å². The first-order valence-electron chi connectivity index (χ1n) is 19.7. The van der Waals surface area contributed by atoms with E-state index in [2.05, 4.69) is 31.0 Å². The molecule has 0 spiro atoms. The molecule has 4 amide bonds. The van der Waals surface area contributed by atoms with Crippen LogP contribution in [0.3, 0.4) is 0 Å². The Hall–Kier alpha value is -4.33. The molecule has 0 fully saturated rings. The molecular formula is C37H72N6O16. The molecular weight excluding hydrogens is 784 g/mol. The summed E-state index contributed by atoms with van der Waals surface area (Å²) in [7, 11) is 3.08. The van der Waals surface area contributed by atoms with Gasteiger partial charge in [0.25, 0.3) is 6.26 Å². The number of hydrogen-bond donors (Lipinski definition) is 9. The van der Waals surface area contributed by atoms with E-state index < -0.39 is 24.4 Å². The molecule has 0 aliphatic carbocycles. The molecule has 0 bridgehead atoms. The minimum atomic E-state index is -0.954. The zero-order valence-electron chi connectivity index (χ0n) is 35.2. The highest BCUT2D eigenvalue weighted by Gasteiger charge is 2.10. The number of aliphatic hydroxyl groups excluding tert-OH is 5. The Bertz CT molecular complexity index is 1040. The predicted molar refractivity (Wildman–Crippen MR) is 214 cm³/mol. The lowest BCUT2D eigenvalue weighted by Gasteiger charge is -2.14. The fraction of sp³-hybridized carbons (Fsp3) is 0.838. The van der Waals surface area contributed by atoms with Crippen molar-refractivity contribution in [3.63, 3.8) is 0 Å². The van der Waals surface area contributed by atoms with Crippen molar-refractivity contribution < 1.29 is 77.9 Å². The Balaban J connectivity index is -0.000000555. The first-order chi connectivity index (χ1) is 28.5. The fourth-order valence-electron chi connectivity index (χ4n) is 3.87. The van der Waals surface area contributed by atoms with Crippen LogP contribution in [0.5, 0.6) is 0 Å². The van der Waals surface area contributed by atoms with Crippen molar-refractivity contribution in [3.05, 3.63) is 0 Å². The third-order valence-electron chi connectivity index (χ3n) is 6.94. The number of ether oxygens (including phenoxy) is 6. The Kier molecular flexibility index (Phi) is 55.8. The second-order valence-electron chi connectivity index (χ2n) is 12.1. The van der Waals surface area contributed by atoms with E-state index in [0.717, 1.165) is 77.0 Å². The summed E-state index contributed by atoms with van der Waals surface area (Å²) < 4.78 is 29.5. The van der Waals surface area contributed by atoms with E-state index in [0.29, 0.717) is 45.9 Å². The number of nitrogens with zero attached hydrogens (tertiary/aromatic N) is 2. The quantitative estimate of drug-likeness (QED) is 0.0148. The molecule has 0 aromatic rings. The topological polar surface area (TPSA) is 326 Å². The van der Waals surface area contributed by atoms with E-state index in [1.165, 1.54) is 20.1 Å². The lowest BCUT2D eigenvalue weighted by atomic mass is 10.2. The minimum Gasteiger partial charge on any atom is -0.447 e. The molecule has 0 radical (unpaired) electrons. The molecule has 22 heteroatoms. The highest BCUT2D eigenvalue weighted by Crippen LogP contribution is 2.01. The van der Waals surface area contributed by atoms with Gasteiger partial charge in [-0.1, -0.05) is 32.1 Å². The number of isocyanates is 1. The molecule has 1 unspecified atom stereocenters. The summed E-state index contributed by atoms with van der Waals surface area (Å²) in [6, 6.07) is 0. The van der Waals surface area contributed by atoms with Crippen molar-refractivity contribution in [2.45, 2.75) is 96.2 Å². The van der Waals surface area contributed by atoms with Gasteiger partial charge >= 0.3 is 18.3 Å². The third kappa shape index (κ3) is 60.5. The zero-order valence-corrected chi connectivity index (χ0v) is 35.2. The van der Waals surface area contributed by atoms with Crippen LogP contribution >= 0.6 is 0 Å². The van der Waals surface area contributed by atoms with Gasteiger partial charge in [0, 0.05) is 47.3 Å².